The van der Waals surface area contributed by atoms with Crippen LogP contribution >= 0.6 is 0 Å². The Kier molecular flexibility index (Phi) is 5.31. The molecule has 1 aliphatic rings. The minimum atomic E-state index is -0.220. The SMILES string of the molecule is Nc1nc(OCCCCO)nc2c1[nH]c(=O)n2CC1CCNCC1. The zero-order chi connectivity index (χ0) is 16.9. The summed E-state index contributed by atoms with van der Waals surface area (Å²) in [5.41, 5.74) is 6.66. The van der Waals surface area contributed by atoms with E-state index in [1.54, 1.807) is 4.57 Å². The van der Waals surface area contributed by atoms with Crippen LogP contribution in [0.2, 0.25) is 0 Å². The molecule has 24 heavy (non-hydrogen) atoms. The van der Waals surface area contributed by atoms with Gasteiger partial charge in [0.2, 0.25) is 0 Å². The molecule has 1 fully saturated rings. The fourth-order valence-corrected chi connectivity index (χ4v) is 2.96. The van der Waals surface area contributed by atoms with Gasteiger partial charge in [0.15, 0.2) is 11.5 Å². The van der Waals surface area contributed by atoms with E-state index in [-0.39, 0.29) is 24.1 Å². The van der Waals surface area contributed by atoms with Crippen molar-refractivity contribution in [2.75, 3.05) is 32.0 Å². The molecule has 2 aromatic heterocycles. The Labute approximate surface area is 139 Å². The summed E-state index contributed by atoms with van der Waals surface area (Å²) < 4.78 is 7.13. The highest BCUT2D eigenvalue weighted by Gasteiger charge is 2.19. The second-order valence-corrected chi connectivity index (χ2v) is 6.10. The minimum absolute atomic E-state index is 0.124. The van der Waals surface area contributed by atoms with Crippen molar-refractivity contribution in [1.29, 1.82) is 0 Å². The first kappa shape index (κ1) is 16.7. The van der Waals surface area contributed by atoms with Crippen molar-refractivity contribution in [3.05, 3.63) is 10.5 Å². The van der Waals surface area contributed by atoms with Gasteiger partial charge in [-0.1, -0.05) is 0 Å². The number of imidazole rings is 1. The van der Waals surface area contributed by atoms with Crippen LogP contribution in [0.1, 0.15) is 25.7 Å². The lowest BCUT2D eigenvalue weighted by molar-refractivity contribution is 0.244. The molecule has 0 aromatic carbocycles. The molecule has 0 atom stereocenters. The Morgan fingerprint density at radius 3 is 2.83 bits per heavy atom. The summed E-state index contributed by atoms with van der Waals surface area (Å²) in [6.45, 7) is 3.07. The molecule has 1 saturated heterocycles. The summed E-state index contributed by atoms with van der Waals surface area (Å²) in [5.74, 6) is 0.645. The van der Waals surface area contributed by atoms with Gasteiger partial charge in [0.05, 0.1) is 6.61 Å². The number of nitrogens with zero attached hydrogens (tertiary/aromatic N) is 3. The van der Waals surface area contributed by atoms with E-state index >= 15 is 0 Å². The van der Waals surface area contributed by atoms with Gasteiger partial charge in [-0.3, -0.25) is 4.57 Å². The van der Waals surface area contributed by atoms with E-state index in [2.05, 4.69) is 20.3 Å². The number of aromatic amines is 1. The Morgan fingerprint density at radius 2 is 2.08 bits per heavy atom. The maximum Gasteiger partial charge on any atom is 0.327 e. The minimum Gasteiger partial charge on any atom is -0.463 e. The molecule has 0 amide bonds. The molecule has 3 heterocycles. The van der Waals surface area contributed by atoms with E-state index in [4.69, 9.17) is 15.6 Å². The third-order valence-electron chi connectivity index (χ3n) is 4.31. The number of ether oxygens (including phenoxy) is 1. The number of piperidine rings is 1. The number of hydrogen-bond donors (Lipinski definition) is 4. The number of anilines is 1. The first-order chi connectivity index (χ1) is 11.7. The van der Waals surface area contributed by atoms with Crippen LogP contribution in [-0.2, 0) is 6.54 Å². The van der Waals surface area contributed by atoms with Crippen molar-refractivity contribution >= 4 is 17.0 Å². The number of H-pyrrole nitrogens is 1. The summed E-state index contributed by atoms with van der Waals surface area (Å²) >= 11 is 0. The molecule has 0 bridgehead atoms. The summed E-state index contributed by atoms with van der Waals surface area (Å²) in [4.78, 5) is 23.5. The van der Waals surface area contributed by atoms with Gasteiger partial charge in [0.1, 0.15) is 5.52 Å². The Balaban J connectivity index is 1.83. The van der Waals surface area contributed by atoms with Crippen molar-refractivity contribution in [2.45, 2.75) is 32.2 Å². The van der Waals surface area contributed by atoms with Crippen LogP contribution in [0.25, 0.3) is 11.2 Å². The van der Waals surface area contributed by atoms with E-state index < -0.39 is 0 Å². The van der Waals surface area contributed by atoms with Crippen LogP contribution in [0.4, 0.5) is 5.82 Å². The average molecular weight is 336 g/mol. The highest BCUT2D eigenvalue weighted by Crippen LogP contribution is 2.20. The molecular weight excluding hydrogens is 312 g/mol. The van der Waals surface area contributed by atoms with Gasteiger partial charge in [-0.2, -0.15) is 9.97 Å². The topological polar surface area (TPSA) is 131 Å². The predicted molar refractivity (Wildman–Crippen MR) is 90.0 cm³/mol. The van der Waals surface area contributed by atoms with Gasteiger partial charge in [-0.15, -0.1) is 0 Å². The highest BCUT2D eigenvalue weighted by atomic mass is 16.5. The monoisotopic (exact) mass is 336 g/mol. The van der Waals surface area contributed by atoms with Gasteiger partial charge >= 0.3 is 11.7 Å². The number of rotatable bonds is 7. The summed E-state index contributed by atoms with van der Waals surface area (Å²) in [7, 11) is 0. The van der Waals surface area contributed by atoms with Crippen molar-refractivity contribution in [3.63, 3.8) is 0 Å². The first-order valence-corrected chi connectivity index (χ1v) is 8.39. The molecule has 0 spiro atoms. The van der Waals surface area contributed by atoms with Crippen LogP contribution in [0, 0.1) is 5.92 Å². The zero-order valence-corrected chi connectivity index (χ0v) is 13.6. The molecule has 3 rings (SSSR count). The lowest BCUT2D eigenvalue weighted by Crippen LogP contribution is -2.32. The van der Waals surface area contributed by atoms with Crippen molar-refractivity contribution in [2.24, 2.45) is 5.92 Å². The van der Waals surface area contributed by atoms with Crippen molar-refractivity contribution in [1.82, 2.24) is 24.8 Å². The molecule has 1 aliphatic heterocycles. The normalized spacial score (nSPS) is 15.9. The van der Waals surface area contributed by atoms with E-state index in [0.717, 1.165) is 25.9 Å². The quantitative estimate of drug-likeness (QED) is 0.517. The Hall–Kier alpha value is -2.13. The van der Waals surface area contributed by atoms with E-state index in [1.165, 1.54) is 0 Å². The van der Waals surface area contributed by atoms with E-state index in [0.29, 0.717) is 43.1 Å². The van der Waals surface area contributed by atoms with Gasteiger partial charge < -0.3 is 25.9 Å². The van der Waals surface area contributed by atoms with Gasteiger partial charge in [-0.05, 0) is 44.7 Å². The Morgan fingerprint density at radius 1 is 1.29 bits per heavy atom. The number of aromatic nitrogens is 4. The zero-order valence-electron chi connectivity index (χ0n) is 13.6. The maximum absolute atomic E-state index is 12.3. The molecule has 9 nitrogen and oxygen atoms in total. The number of nitrogen functional groups attached to an aromatic ring is 1. The predicted octanol–water partition coefficient (Wildman–Crippen LogP) is -0.147. The number of fused-ring (bicyclic) bond motifs is 1. The second kappa shape index (κ2) is 7.63. The molecule has 132 valence electrons. The lowest BCUT2D eigenvalue weighted by atomic mass is 9.98. The van der Waals surface area contributed by atoms with Crippen LogP contribution in [-0.4, -0.2) is 50.9 Å². The smallest absolute Gasteiger partial charge is 0.327 e. The Bertz CT molecular complexity index is 735. The second-order valence-electron chi connectivity index (χ2n) is 6.10. The number of aliphatic hydroxyl groups is 1. The molecule has 9 heteroatoms. The molecule has 2 aromatic rings. The summed E-state index contributed by atoms with van der Waals surface area (Å²) in [5, 5.41) is 12.1. The lowest BCUT2D eigenvalue weighted by Gasteiger charge is -2.22. The number of unbranched alkanes of at least 4 members (excludes halogenated alkanes) is 1. The number of aliphatic hydroxyl groups excluding tert-OH is 1. The number of hydrogen-bond acceptors (Lipinski definition) is 7. The molecule has 0 unspecified atom stereocenters. The summed E-state index contributed by atoms with van der Waals surface area (Å²) in [6.07, 6.45) is 3.42. The van der Waals surface area contributed by atoms with Crippen LogP contribution in [0.3, 0.4) is 0 Å². The van der Waals surface area contributed by atoms with Crippen LogP contribution < -0.4 is 21.5 Å². The van der Waals surface area contributed by atoms with Crippen LogP contribution in [0.5, 0.6) is 6.01 Å². The van der Waals surface area contributed by atoms with Crippen LogP contribution in [0.15, 0.2) is 4.79 Å². The average Bonchev–Trinajstić information content (AvgIpc) is 2.90. The standard InChI is InChI=1S/C15H24N6O3/c16-12-11-13(20-14(19-12)24-8-2-1-7-22)21(15(23)18-11)9-10-3-5-17-6-4-10/h10,17,22H,1-9H2,(H,18,23)(H2,16,19,20). The molecule has 0 radical (unpaired) electrons. The molecule has 5 N–H and O–H groups in total. The van der Waals surface area contributed by atoms with Gasteiger partial charge in [0.25, 0.3) is 0 Å². The van der Waals surface area contributed by atoms with Gasteiger partial charge in [-0.25, -0.2) is 4.79 Å². The fourth-order valence-electron chi connectivity index (χ4n) is 2.96. The largest absolute Gasteiger partial charge is 0.463 e. The third-order valence-corrected chi connectivity index (χ3v) is 4.31. The fraction of sp³-hybridized carbons (Fsp3) is 0.667. The first-order valence-electron chi connectivity index (χ1n) is 8.39. The van der Waals surface area contributed by atoms with Gasteiger partial charge in [0, 0.05) is 13.2 Å². The molecular formula is C15H24N6O3. The van der Waals surface area contributed by atoms with E-state index in [9.17, 15) is 4.79 Å². The molecule has 0 saturated carbocycles. The third kappa shape index (κ3) is 3.68. The number of nitrogens with one attached hydrogen (secondary N) is 2. The van der Waals surface area contributed by atoms with Crippen molar-refractivity contribution in [3.8, 4) is 6.01 Å². The molecule has 0 aliphatic carbocycles. The van der Waals surface area contributed by atoms with Crippen molar-refractivity contribution < 1.29 is 9.84 Å². The highest BCUT2D eigenvalue weighted by molar-refractivity contribution is 5.81. The number of nitrogens with two attached hydrogens (primary N) is 1. The maximum atomic E-state index is 12.3. The summed E-state index contributed by atoms with van der Waals surface area (Å²) in [6, 6.07) is 0.163. The van der Waals surface area contributed by atoms with E-state index in [1.807, 2.05) is 0 Å².